The number of thioether (sulfide) groups is 1. The number of carbonyl (C=O) groups is 1. The standard InChI is InChI=1S/C21H20FN7OS/c22-16-8-25-19(26-9-16)29-11-15-12-31-20(27-18(30)14-4-2-1-3-5-14)28-21(15,13-29)17-10-23-6-7-24-17/h1-10,15,20,28H,11-13H2,(H,27,30). The summed E-state index contributed by atoms with van der Waals surface area (Å²) in [6.45, 7) is 1.21. The molecule has 2 aliphatic rings. The number of rotatable bonds is 4. The zero-order valence-corrected chi connectivity index (χ0v) is 17.3. The molecule has 31 heavy (non-hydrogen) atoms. The molecule has 2 aliphatic heterocycles. The zero-order chi connectivity index (χ0) is 21.3. The van der Waals surface area contributed by atoms with E-state index in [-0.39, 0.29) is 17.3 Å². The summed E-state index contributed by atoms with van der Waals surface area (Å²) in [5.74, 6) is 0.820. The van der Waals surface area contributed by atoms with Gasteiger partial charge in [0.15, 0.2) is 5.82 Å². The summed E-state index contributed by atoms with van der Waals surface area (Å²) in [7, 11) is 0. The number of nitrogens with zero attached hydrogens (tertiary/aromatic N) is 5. The normalized spacial score (nSPS) is 25.1. The summed E-state index contributed by atoms with van der Waals surface area (Å²) < 4.78 is 13.3. The van der Waals surface area contributed by atoms with Crippen molar-refractivity contribution >= 4 is 23.6 Å². The summed E-state index contributed by atoms with van der Waals surface area (Å²) >= 11 is 1.64. The molecule has 8 nitrogen and oxygen atoms in total. The van der Waals surface area contributed by atoms with E-state index >= 15 is 0 Å². The minimum absolute atomic E-state index is 0.143. The highest BCUT2D eigenvalue weighted by Crippen LogP contribution is 2.43. The Morgan fingerprint density at radius 1 is 1.16 bits per heavy atom. The number of hydrogen-bond donors (Lipinski definition) is 2. The topological polar surface area (TPSA) is 95.9 Å². The van der Waals surface area contributed by atoms with E-state index in [1.54, 1.807) is 42.5 Å². The van der Waals surface area contributed by atoms with E-state index in [9.17, 15) is 9.18 Å². The molecule has 0 bridgehead atoms. The molecule has 10 heteroatoms. The number of fused-ring (bicyclic) bond motifs is 1. The molecule has 1 amide bonds. The second-order valence-corrected chi connectivity index (χ2v) is 8.68. The van der Waals surface area contributed by atoms with E-state index < -0.39 is 11.4 Å². The molecule has 3 atom stereocenters. The van der Waals surface area contributed by atoms with Gasteiger partial charge in [0.05, 0.1) is 29.8 Å². The SMILES string of the molecule is O=C(NC1NC2(c3cnccn3)CN(c3ncc(F)cn3)CC2CS1)c1ccccc1. The van der Waals surface area contributed by atoms with E-state index in [1.165, 1.54) is 12.4 Å². The molecule has 0 spiro atoms. The van der Waals surface area contributed by atoms with E-state index in [4.69, 9.17) is 0 Å². The molecule has 0 radical (unpaired) electrons. The van der Waals surface area contributed by atoms with Crippen LogP contribution in [0.4, 0.5) is 10.3 Å². The third-order valence-electron chi connectivity index (χ3n) is 5.64. The molecule has 2 saturated heterocycles. The molecule has 158 valence electrons. The lowest BCUT2D eigenvalue weighted by atomic mass is 9.85. The van der Waals surface area contributed by atoms with Crippen molar-refractivity contribution in [3.05, 3.63) is 78.4 Å². The number of benzene rings is 1. The van der Waals surface area contributed by atoms with E-state index in [0.717, 1.165) is 11.4 Å². The predicted octanol–water partition coefficient (Wildman–Crippen LogP) is 1.79. The van der Waals surface area contributed by atoms with Crippen molar-refractivity contribution in [3.63, 3.8) is 0 Å². The van der Waals surface area contributed by atoms with Gasteiger partial charge in [-0.15, -0.1) is 11.8 Å². The van der Waals surface area contributed by atoms with Gasteiger partial charge in [0.25, 0.3) is 5.91 Å². The number of halogens is 1. The highest BCUT2D eigenvalue weighted by molar-refractivity contribution is 7.99. The summed E-state index contributed by atoms with van der Waals surface area (Å²) in [5.41, 5.74) is 0.545. The Labute approximate surface area is 182 Å². The summed E-state index contributed by atoms with van der Waals surface area (Å²) in [5, 5.41) is 6.68. The Bertz CT molecular complexity index is 1060. The van der Waals surface area contributed by atoms with Crippen molar-refractivity contribution in [1.82, 2.24) is 30.6 Å². The first-order valence-corrected chi connectivity index (χ1v) is 10.9. The minimum Gasteiger partial charge on any atom is -0.338 e. The molecule has 0 saturated carbocycles. The number of carbonyl (C=O) groups excluding carboxylic acids is 1. The zero-order valence-electron chi connectivity index (χ0n) is 16.5. The van der Waals surface area contributed by atoms with Crippen molar-refractivity contribution in [2.24, 2.45) is 5.92 Å². The van der Waals surface area contributed by atoms with E-state index in [0.29, 0.717) is 24.6 Å². The smallest absolute Gasteiger partial charge is 0.253 e. The maximum atomic E-state index is 13.3. The van der Waals surface area contributed by atoms with Gasteiger partial charge in [-0.05, 0) is 12.1 Å². The van der Waals surface area contributed by atoms with Gasteiger partial charge < -0.3 is 10.2 Å². The molecule has 2 N–H and O–H groups in total. The highest BCUT2D eigenvalue weighted by atomic mass is 32.2. The van der Waals surface area contributed by atoms with Gasteiger partial charge in [0, 0.05) is 42.7 Å². The van der Waals surface area contributed by atoms with Gasteiger partial charge in [-0.25, -0.2) is 14.4 Å². The Balaban J connectivity index is 1.42. The molecule has 1 aromatic carbocycles. The van der Waals surface area contributed by atoms with Crippen LogP contribution >= 0.6 is 11.8 Å². The highest BCUT2D eigenvalue weighted by Gasteiger charge is 2.53. The summed E-state index contributed by atoms with van der Waals surface area (Å²) in [6, 6.07) is 9.12. The molecule has 2 aromatic heterocycles. The van der Waals surface area contributed by atoms with Gasteiger partial charge in [-0.1, -0.05) is 18.2 Å². The third-order valence-corrected chi connectivity index (χ3v) is 6.80. The first-order valence-electron chi connectivity index (χ1n) is 9.88. The van der Waals surface area contributed by atoms with Gasteiger partial charge in [-0.2, -0.15) is 0 Å². The molecular formula is C21H20FN7OS. The molecule has 5 rings (SSSR count). The van der Waals surface area contributed by atoms with Crippen LogP contribution in [-0.4, -0.2) is 50.2 Å². The maximum Gasteiger partial charge on any atom is 0.253 e. The lowest BCUT2D eigenvalue weighted by Crippen LogP contribution is -2.61. The van der Waals surface area contributed by atoms with E-state index in [1.807, 2.05) is 23.1 Å². The molecule has 2 fully saturated rings. The summed E-state index contributed by atoms with van der Waals surface area (Å²) in [4.78, 5) is 31.9. The second-order valence-electron chi connectivity index (χ2n) is 7.54. The lowest BCUT2D eigenvalue weighted by Gasteiger charge is -2.42. The van der Waals surface area contributed by atoms with Crippen LogP contribution in [0.1, 0.15) is 16.1 Å². The number of hydrogen-bond acceptors (Lipinski definition) is 8. The molecule has 4 heterocycles. The first kappa shape index (κ1) is 19.8. The predicted molar refractivity (Wildman–Crippen MR) is 115 cm³/mol. The van der Waals surface area contributed by atoms with Crippen LogP contribution in [0.2, 0.25) is 0 Å². The van der Waals surface area contributed by atoms with Crippen LogP contribution in [0, 0.1) is 11.7 Å². The fourth-order valence-corrected chi connectivity index (χ4v) is 5.45. The van der Waals surface area contributed by atoms with Crippen LogP contribution in [0.15, 0.2) is 61.3 Å². The monoisotopic (exact) mass is 437 g/mol. The average molecular weight is 438 g/mol. The largest absolute Gasteiger partial charge is 0.338 e. The van der Waals surface area contributed by atoms with Crippen molar-refractivity contribution in [2.45, 2.75) is 11.0 Å². The molecule has 3 unspecified atom stereocenters. The maximum absolute atomic E-state index is 13.3. The van der Waals surface area contributed by atoms with Crippen LogP contribution in [0.25, 0.3) is 0 Å². The van der Waals surface area contributed by atoms with Crippen molar-refractivity contribution < 1.29 is 9.18 Å². The van der Waals surface area contributed by atoms with Crippen LogP contribution in [0.3, 0.4) is 0 Å². The Hall–Kier alpha value is -3.11. The van der Waals surface area contributed by atoms with Crippen molar-refractivity contribution in [2.75, 3.05) is 23.7 Å². The van der Waals surface area contributed by atoms with Crippen LogP contribution in [0.5, 0.6) is 0 Å². The fourth-order valence-electron chi connectivity index (χ4n) is 4.15. The van der Waals surface area contributed by atoms with Gasteiger partial charge in [0.2, 0.25) is 5.95 Å². The molecule has 3 aromatic rings. The van der Waals surface area contributed by atoms with Gasteiger partial charge in [0.1, 0.15) is 5.50 Å². The Morgan fingerprint density at radius 2 is 1.97 bits per heavy atom. The van der Waals surface area contributed by atoms with Crippen molar-refractivity contribution in [3.8, 4) is 0 Å². The quantitative estimate of drug-likeness (QED) is 0.638. The van der Waals surface area contributed by atoms with Gasteiger partial charge >= 0.3 is 0 Å². The second kappa shape index (κ2) is 8.20. The fraction of sp³-hybridized carbons (Fsp3) is 0.286. The Morgan fingerprint density at radius 3 is 2.71 bits per heavy atom. The number of aromatic nitrogens is 4. The molecule has 0 aliphatic carbocycles. The first-order chi connectivity index (χ1) is 15.1. The lowest BCUT2D eigenvalue weighted by molar-refractivity contribution is 0.0932. The number of amides is 1. The average Bonchev–Trinajstić information content (AvgIpc) is 3.21. The number of anilines is 1. The van der Waals surface area contributed by atoms with Gasteiger partial charge in [-0.3, -0.25) is 20.1 Å². The molecular weight excluding hydrogens is 417 g/mol. The van der Waals surface area contributed by atoms with E-state index in [2.05, 4.69) is 30.6 Å². The van der Waals surface area contributed by atoms with Crippen LogP contribution in [-0.2, 0) is 5.54 Å². The number of nitrogens with one attached hydrogen (secondary N) is 2. The Kier molecular flexibility index (Phi) is 5.24. The minimum atomic E-state index is -0.550. The summed E-state index contributed by atoms with van der Waals surface area (Å²) in [6.07, 6.45) is 7.40. The third kappa shape index (κ3) is 3.84. The van der Waals surface area contributed by atoms with Crippen LogP contribution < -0.4 is 15.5 Å². The van der Waals surface area contributed by atoms with Crippen molar-refractivity contribution in [1.29, 1.82) is 0 Å².